The number of nitrogens with zero attached hydrogens (tertiary/aromatic N) is 3. The van der Waals surface area contributed by atoms with Crippen molar-refractivity contribution >= 4 is 22.4 Å². The highest BCUT2D eigenvalue weighted by Crippen LogP contribution is 2.38. The van der Waals surface area contributed by atoms with Gasteiger partial charge in [0.25, 0.3) is 0 Å². The van der Waals surface area contributed by atoms with Crippen LogP contribution in [0.3, 0.4) is 0 Å². The van der Waals surface area contributed by atoms with Crippen LogP contribution in [-0.2, 0) is 0 Å². The molecule has 0 spiro atoms. The summed E-state index contributed by atoms with van der Waals surface area (Å²) >= 11 is 1.44. The summed E-state index contributed by atoms with van der Waals surface area (Å²) in [5.41, 5.74) is 5.82. The smallest absolute Gasteiger partial charge is 0.197 e. The van der Waals surface area contributed by atoms with Crippen molar-refractivity contribution in [3.8, 4) is 5.75 Å². The van der Waals surface area contributed by atoms with E-state index in [0.29, 0.717) is 12.4 Å². The van der Waals surface area contributed by atoms with Crippen LogP contribution in [0.15, 0.2) is 0 Å². The molecule has 1 aliphatic heterocycles. The molecule has 0 bridgehead atoms. The molecule has 0 amide bonds. The first-order valence-corrected chi connectivity index (χ1v) is 6.88. The second-order valence-electron chi connectivity index (χ2n) is 4.06. The Morgan fingerprint density at radius 3 is 2.59 bits per heavy atom. The first kappa shape index (κ1) is 12.4. The minimum atomic E-state index is 0.518. The maximum atomic E-state index is 5.82. The third kappa shape index (κ3) is 2.63. The fraction of sp³-hybridized carbons (Fsp3) is 0.727. The van der Waals surface area contributed by atoms with Gasteiger partial charge in [0.15, 0.2) is 16.6 Å². The minimum Gasteiger partial charge on any atom is -0.487 e. The first-order chi connectivity index (χ1) is 8.26. The molecule has 0 saturated carbocycles. The maximum absolute atomic E-state index is 5.82. The van der Waals surface area contributed by atoms with E-state index in [2.05, 4.69) is 21.1 Å². The third-order valence-electron chi connectivity index (χ3n) is 3.05. The van der Waals surface area contributed by atoms with E-state index in [4.69, 9.17) is 10.5 Å². The molecule has 5 nitrogen and oxygen atoms in total. The van der Waals surface area contributed by atoms with Gasteiger partial charge >= 0.3 is 0 Å². The van der Waals surface area contributed by atoms with E-state index in [1.165, 1.54) is 11.5 Å². The summed E-state index contributed by atoms with van der Waals surface area (Å²) in [4.78, 5) is 4.77. The Labute approximate surface area is 106 Å². The van der Waals surface area contributed by atoms with Crippen LogP contribution in [0.25, 0.3) is 0 Å². The van der Waals surface area contributed by atoms with Gasteiger partial charge < -0.3 is 20.3 Å². The van der Waals surface area contributed by atoms with Crippen molar-refractivity contribution < 1.29 is 4.74 Å². The summed E-state index contributed by atoms with van der Waals surface area (Å²) in [6, 6.07) is 0. The zero-order valence-corrected chi connectivity index (χ0v) is 11.3. The molecule has 0 atom stereocenters. The number of hydrogen-bond acceptors (Lipinski definition) is 6. The average Bonchev–Trinajstić information content (AvgIpc) is 2.72. The first-order valence-electron chi connectivity index (χ1n) is 6.11. The van der Waals surface area contributed by atoms with Gasteiger partial charge in [-0.05, 0) is 25.0 Å². The number of anilines is 2. The number of piperazine rings is 1. The predicted octanol–water partition coefficient (Wildman–Crippen LogP) is 1.27. The third-order valence-corrected chi connectivity index (χ3v) is 3.96. The van der Waals surface area contributed by atoms with E-state index in [9.17, 15) is 0 Å². The summed E-state index contributed by atoms with van der Waals surface area (Å²) in [6.07, 6.45) is 0. The van der Waals surface area contributed by atoms with Crippen molar-refractivity contribution in [2.45, 2.75) is 13.8 Å². The summed E-state index contributed by atoms with van der Waals surface area (Å²) in [7, 11) is 0. The van der Waals surface area contributed by atoms with E-state index >= 15 is 0 Å². The highest BCUT2D eigenvalue weighted by atomic mass is 32.1. The van der Waals surface area contributed by atoms with Crippen LogP contribution in [-0.4, -0.2) is 48.6 Å². The second-order valence-corrected chi connectivity index (χ2v) is 4.81. The molecule has 0 radical (unpaired) electrons. The van der Waals surface area contributed by atoms with E-state index in [1.54, 1.807) is 0 Å². The van der Waals surface area contributed by atoms with Gasteiger partial charge in [-0.15, -0.1) is 0 Å². The van der Waals surface area contributed by atoms with Crippen molar-refractivity contribution in [3.63, 3.8) is 0 Å². The summed E-state index contributed by atoms with van der Waals surface area (Å²) < 4.78 is 9.77. The largest absolute Gasteiger partial charge is 0.487 e. The molecule has 1 aromatic heterocycles. The standard InChI is InChI=1S/C11H20N4OS/c1-3-14-5-7-15(8-6-14)11-9(16-4-2)10(12)13-17-11/h3-8H2,1-2H3,(H2,12,13). The average molecular weight is 256 g/mol. The second kappa shape index (κ2) is 5.55. The quantitative estimate of drug-likeness (QED) is 0.879. The maximum Gasteiger partial charge on any atom is 0.197 e. The predicted molar refractivity (Wildman–Crippen MR) is 72.0 cm³/mol. The minimum absolute atomic E-state index is 0.518. The Hall–Kier alpha value is -1.01. The highest BCUT2D eigenvalue weighted by molar-refractivity contribution is 7.11. The Balaban J connectivity index is 2.07. The molecule has 1 fully saturated rings. The monoisotopic (exact) mass is 256 g/mol. The molecule has 1 aromatic rings. The molecular formula is C11H20N4OS. The number of ether oxygens (including phenoxy) is 1. The van der Waals surface area contributed by atoms with Crippen LogP contribution in [0.5, 0.6) is 5.75 Å². The molecule has 2 N–H and O–H groups in total. The fourth-order valence-corrected chi connectivity index (χ4v) is 2.85. The van der Waals surface area contributed by atoms with Gasteiger partial charge in [0, 0.05) is 26.2 Å². The van der Waals surface area contributed by atoms with Gasteiger partial charge in [-0.3, -0.25) is 0 Å². The molecule has 0 unspecified atom stereocenters. The lowest BCUT2D eigenvalue weighted by molar-refractivity contribution is 0.270. The Morgan fingerprint density at radius 1 is 1.29 bits per heavy atom. The molecule has 17 heavy (non-hydrogen) atoms. The fourth-order valence-electron chi connectivity index (χ4n) is 2.03. The van der Waals surface area contributed by atoms with Crippen LogP contribution < -0.4 is 15.4 Å². The molecule has 2 heterocycles. The van der Waals surface area contributed by atoms with Crippen LogP contribution >= 0.6 is 11.5 Å². The lowest BCUT2D eigenvalue weighted by atomic mass is 10.3. The Kier molecular flexibility index (Phi) is 4.06. The molecule has 0 aromatic carbocycles. The van der Waals surface area contributed by atoms with Crippen LogP contribution in [0.1, 0.15) is 13.8 Å². The van der Waals surface area contributed by atoms with E-state index < -0.39 is 0 Å². The normalized spacial score (nSPS) is 17.4. The summed E-state index contributed by atoms with van der Waals surface area (Å²) in [5, 5.41) is 1.08. The Bertz CT molecular complexity index is 360. The van der Waals surface area contributed by atoms with E-state index in [-0.39, 0.29) is 0 Å². The van der Waals surface area contributed by atoms with Crippen molar-refractivity contribution in [2.75, 3.05) is 50.0 Å². The number of aromatic nitrogens is 1. The van der Waals surface area contributed by atoms with Gasteiger partial charge in [0.2, 0.25) is 0 Å². The molecule has 6 heteroatoms. The number of rotatable bonds is 4. The molecule has 96 valence electrons. The van der Waals surface area contributed by atoms with Gasteiger partial charge in [-0.2, -0.15) is 4.37 Å². The number of hydrogen-bond donors (Lipinski definition) is 1. The van der Waals surface area contributed by atoms with E-state index in [1.807, 2.05) is 6.92 Å². The van der Waals surface area contributed by atoms with E-state index in [0.717, 1.165) is 43.5 Å². The molecule has 1 aliphatic rings. The van der Waals surface area contributed by atoms with Crippen molar-refractivity contribution in [3.05, 3.63) is 0 Å². The van der Waals surface area contributed by atoms with Crippen molar-refractivity contribution in [1.82, 2.24) is 9.27 Å². The number of nitrogen functional groups attached to an aromatic ring is 1. The lowest BCUT2D eigenvalue weighted by Crippen LogP contribution is -2.46. The zero-order chi connectivity index (χ0) is 12.3. The summed E-state index contributed by atoms with van der Waals surface area (Å²) in [6.45, 7) is 10.2. The topological polar surface area (TPSA) is 54.6 Å². The molecule has 0 aliphatic carbocycles. The van der Waals surface area contributed by atoms with Crippen molar-refractivity contribution in [2.24, 2.45) is 0 Å². The molecule has 1 saturated heterocycles. The van der Waals surface area contributed by atoms with Crippen LogP contribution in [0.2, 0.25) is 0 Å². The van der Waals surface area contributed by atoms with Gasteiger partial charge in [-0.1, -0.05) is 6.92 Å². The number of nitrogens with two attached hydrogens (primary N) is 1. The molecule has 2 rings (SSSR count). The molecular weight excluding hydrogens is 236 g/mol. The van der Waals surface area contributed by atoms with Crippen LogP contribution in [0, 0.1) is 0 Å². The van der Waals surface area contributed by atoms with Crippen LogP contribution in [0.4, 0.5) is 10.8 Å². The highest BCUT2D eigenvalue weighted by Gasteiger charge is 2.22. The lowest BCUT2D eigenvalue weighted by Gasteiger charge is -2.34. The Morgan fingerprint density at radius 2 is 2.00 bits per heavy atom. The summed E-state index contributed by atoms with van der Waals surface area (Å²) in [5.74, 6) is 1.28. The SMILES string of the molecule is CCOc1c(N)nsc1N1CCN(CC)CC1. The van der Waals surface area contributed by atoms with Crippen molar-refractivity contribution in [1.29, 1.82) is 0 Å². The van der Waals surface area contributed by atoms with Gasteiger partial charge in [-0.25, -0.2) is 0 Å². The van der Waals surface area contributed by atoms with Gasteiger partial charge in [0.1, 0.15) is 0 Å². The number of likely N-dealkylation sites (N-methyl/N-ethyl adjacent to an activating group) is 1. The zero-order valence-electron chi connectivity index (χ0n) is 10.5. The van der Waals surface area contributed by atoms with Gasteiger partial charge in [0.05, 0.1) is 6.61 Å².